The van der Waals surface area contributed by atoms with E-state index in [9.17, 15) is 14.4 Å². The van der Waals surface area contributed by atoms with E-state index >= 15 is 0 Å². The number of carbonyl (C=O) groups excluding carboxylic acids is 3. The summed E-state index contributed by atoms with van der Waals surface area (Å²) in [6.45, 7) is 13.1. The zero-order chi connectivity index (χ0) is 25.7. The maximum atomic E-state index is 13.8. The molecule has 2 aliphatic rings. The summed E-state index contributed by atoms with van der Waals surface area (Å²) in [5.41, 5.74) is -0.389. The summed E-state index contributed by atoms with van der Waals surface area (Å²) in [6, 6.07) is -0.628. The second-order valence-electron chi connectivity index (χ2n) is 12.0. The Balaban J connectivity index is 2.39. The molecule has 5 atom stereocenters. The van der Waals surface area contributed by atoms with E-state index in [1.807, 2.05) is 19.9 Å². The van der Waals surface area contributed by atoms with Crippen LogP contribution in [0, 0.1) is 29.1 Å². The van der Waals surface area contributed by atoms with Crippen molar-refractivity contribution < 1.29 is 19.5 Å². The Labute approximate surface area is 206 Å². The average Bonchev–Trinajstić information content (AvgIpc) is 3.00. The first kappa shape index (κ1) is 28.3. The summed E-state index contributed by atoms with van der Waals surface area (Å²) < 4.78 is 0. The maximum absolute atomic E-state index is 13.8. The van der Waals surface area contributed by atoms with Gasteiger partial charge in [0.15, 0.2) is 0 Å². The van der Waals surface area contributed by atoms with Gasteiger partial charge in [0.1, 0.15) is 6.04 Å². The molecule has 0 radical (unpaired) electrons. The topological polar surface area (TPSA) is 98.7 Å². The molecule has 3 amide bonds. The second kappa shape index (κ2) is 11.7. The van der Waals surface area contributed by atoms with Crippen LogP contribution in [0.4, 0.5) is 0 Å². The van der Waals surface area contributed by atoms with Crippen LogP contribution in [0.25, 0.3) is 0 Å². The average molecular weight is 478 g/mol. The number of hydrogen-bond acceptors (Lipinski definition) is 4. The third-order valence-electron chi connectivity index (χ3n) is 7.04. The molecule has 1 saturated heterocycles. The minimum Gasteiger partial charge on any atom is -0.396 e. The normalized spacial score (nSPS) is 27.0. The molecule has 34 heavy (non-hydrogen) atoms. The van der Waals surface area contributed by atoms with Gasteiger partial charge in [-0.1, -0.05) is 46.3 Å². The van der Waals surface area contributed by atoms with Crippen molar-refractivity contribution >= 4 is 17.7 Å². The van der Waals surface area contributed by atoms with Gasteiger partial charge in [0.05, 0.1) is 11.8 Å². The van der Waals surface area contributed by atoms with Crippen molar-refractivity contribution in [2.24, 2.45) is 29.1 Å². The number of nitrogens with one attached hydrogen (secondary N) is 2. The molecule has 0 bridgehead atoms. The van der Waals surface area contributed by atoms with Crippen LogP contribution < -0.4 is 10.6 Å². The van der Waals surface area contributed by atoms with E-state index in [1.165, 1.54) is 0 Å². The monoisotopic (exact) mass is 477 g/mol. The molecule has 2 rings (SSSR count). The van der Waals surface area contributed by atoms with Crippen LogP contribution in [-0.4, -0.2) is 59.5 Å². The standard InChI is InChI=1S/C27H47N3O4/c1-8-12-18-13-14-19-21(20(18)23(32)28-7)25(34)30(15-10-9-11-16-31)22(19)24(33)29-27(5,6)17-26(2,3)4/h13-14,18-22,31H,8-12,15-17H2,1-7H3,(H,28,32)(H,29,33)/t18-,19+,20-,21-,22+/m1/s1. The quantitative estimate of drug-likeness (QED) is 0.314. The molecule has 1 aliphatic carbocycles. The SMILES string of the molecule is CCC[C@@H]1C=C[C@H]2[C@@H](C(=O)N(CCCCCO)[C@@H]2C(=O)NC(C)(C)CC(C)(C)C)[C@@H]1C(=O)NC. The van der Waals surface area contributed by atoms with Gasteiger partial charge in [-0.3, -0.25) is 14.4 Å². The fourth-order valence-electron chi connectivity index (χ4n) is 6.22. The lowest BCUT2D eigenvalue weighted by molar-refractivity contribution is -0.141. The van der Waals surface area contributed by atoms with E-state index in [-0.39, 0.29) is 41.6 Å². The molecule has 1 aliphatic heterocycles. The first-order chi connectivity index (χ1) is 15.9. The number of fused-ring (bicyclic) bond motifs is 1. The van der Waals surface area contributed by atoms with E-state index < -0.39 is 23.4 Å². The lowest BCUT2D eigenvalue weighted by Gasteiger charge is -2.37. The number of unbranched alkanes of at least 4 members (excludes halogenated alkanes) is 2. The van der Waals surface area contributed by atoms with E-state index in [2.05, 4.69) is 44.4 Å². The molecular formula is C27H47N3O4. The van der Waals surface area contributed by atoms with Gasteiger partial charge in [-0.15, -0.1) is 0 Å². The van der Waals surface area contributed by atoms with Crippen LogP contribution in [0.5, 0.6) is 0 Å². The third kappa shape index (κ3) is 6.83. The molecular weight excluding hydrogens is 430 g/mol. The summed E-state index contributed by atoms with van der Waals surface area (Å²) in [5.74, 6) is -1.70. The van der Waals surface area contributed by atoms with Crippen LogP contribution in [0.3, 0.4) is 0 Å². The highest BCUT2D eigenvalue weighted by molar-refractivity contribution is 5.97. The highest BCUT2D eigenvalue weighted by Crippen LogP contribution is 2.45. The first-order valence-electron chi connectivity index (χ1n) is 13.0. The van der Waals surface area contributed by atoms with Gasteiger partial charge in [-0.25, -0.2) is 0 Å². The summed E-state index contributed by atoms with van der Waals surface area (Å²) in [5, 5.41) is 15.1. The van der Waals surface area contributed by atoms with Crippen molar-refractivity contribution in [2.75, 3.05) is 20.2 Å². The highest BCUT2D eigenvalue weighted by Gasteiger charge is 2.57. The Bertz CT molecular complexity index is 755. The Morgan fingerprint density at radius 2 is 1.74 bits per heavy atom. The Morgan fingerprint density at radius 3 is 2.29 bits per heavy atom. The predicted octanol–water partition coefficient (Wildman–Crippen LogP) is 3.27. The number of allylic oxidation sites excluding steroid dienone is 1. The number of hydrogen-bond donors (Lipinski definition) is 3. The minimum atomic E-state index is -0.628. The van der Waals surface area contributed by atoms with E-state index in [4.69, 9.17) is 5.11 Å². The number of amides is 3. The van der Waals surface area contributed by atoms with Crippen molar-refractivity contribution in [1.82, 2.24) is 15.5 Å². The van der Waals surface area contributed by atoms with Crippen LogP contribution >= 0.6 is 0 Å². The molecule has 0 unspecified atom stereocenters. The number of rotatable bonds is 11. The smallest absolute Gasteiger partial charge is 0.243 e. The zero-order valence-corrected chi connectivity index (χ0v) is 22.3. The Morgan fingerprint density at radius 1 is 1.06 bits per heavy atom. The number of aliphatic hydroxyl groups is 1. The van der Waals surface area contributed by atoms with E-state index in [0.717, 1.165) is 25.7 Å². The van der Waals surface area contributed by atoms with Gasteiger partial charge in [0, 0.05) is 31.7 Å². The number of aliphatic hydroxyl groups excluding tert-OH is 1. The highest BCUT2D eigenvalue weighted by atomic mass is 16.3. The molecule has 3 N–H and O–H groups in total. The molecule has 0 aromatic heterocycles. The van der Waals surface area contributed by atoms with Crippen LogP contribution in [0.15, 0.2) is 12.2 Å². The van der Waals surface area contributed by atoms with Crippen molar-refractivity contribution in [3.8, 4) is 0 Å². The molecule has 0 saturated carbocycles. The second-order valence-corrected chi connectivity index (χ2v) is 12.0. The number of likely N-dealkylation sites (tertiary alicyclic amines) is 1. The summed E-state index contributed by atoms with van der Waals surface area (Å²) in [7, 11) is 1.62. The molecule has 1 fully saturated rings. The molecule has 0 spiro atoms. The molecule has 0 aromatic rings. The number of carbonyl (C=O) groups is 3. The molecule has 1 heterocycles. The van der Waals surface area contributed by atoms with Gasteiger partial charge in [0.25, 0.3) is 0 Å². The lowest BCUT2D eigenvalue weighted by atomic mass is 9.68. The van der Waals surface area contributed by atoms with Crippen molar-refractivity contribution in [3.05, 3.63) is 12.2 Å². The van der Waals surface area contributed by atoms with Gasteiger partial charge >= 0.3 is 0 Å². The fraction of sp³-hybridized carbons (Fsp3) is 0.815. The maximum Gasteiger partial charge on any atom is 0.243 e. The Kier molecular flexibility index (Phi) is 9.75. The van der Waals surface area contributed by atoms with Crippen LogP contribution in [-0.2, 0) is 14.4 Å². The lowest BCUT2D eigenvalue weighted by Crippen LogP contribution is -2.54. The van der Waals surface area contributed by atoms with Crippen molar-refractivity contribution in [3.63, 3.8) is 0 Å². The molecule has 194 valence electrons. The number of nitrogens with zero attached hydrogens (tertiary/aromatic N) is 1. The minimum absolute atomic E-state index is 0.00877. The largest absolute Gasteiger partial charge is 0.396 e. The molecule has 0 aromatic carbocycles. The van der Waals surface area contributed by atoms with Crippen molar-refractivity contribution in [1.29, 1.82) is 0 Å². The summed E-state index contributed by atoms with van der Waals surface area (Å²) >= 11 is 0. The predicted molar refractivity (Wildman–Crippen MR) is 135 cm³/mol. The van der Waals surface area contributed by atoms with E-state index in [1.54, 1.807) is 11.9 Å². The van der Waals surface area contributed by atoms with Crippen molar-refractivity contribution in [2.45, 2.75) is 91.6 Å². The summed E-state index contributed by atoms with van der Waals surface area (Å²) in [6.07, 6.45) is 8.81. The van der Waals surface area contributed by atoms with Crippen LogP contribution in [0.1, 0.15) is 80.1 Å². The Hall–Kier alpha value is -1.89. The van der Waals surface area contributed by atoms with Gasteiger partial charge in [-0.05, 0) is 57.3 Å². The van der Waals surface area contributed by atoms with Gasteiger partial charge in [-0.2, -0.15) is 0 Å². The van der Waals surface area contributed by atoms with E-state index in [0.29, 0.717) is 19.4 Å². The first-order valence-corrected chi connectivity index (χ1v) is 13.0. The third-order valence-corrected chi connectivity index (χ3v) is 7.04. The van der Waals surface area contributed by atoms with Gasteiger partial charge < -0.3 is 20.6 Å². The zero-order valence-electron chi connectivity index (χ0n) is 22.3. The molecule has 7 heteroatoms. The van der Waals surface area contributed by atoms with Crippen LogP contribution in [0.2, 0.25) is 0 Å². The fourth-order valence-corrected chi connectivity index (χ4v) is 6.22. The molecule has 7 nitrogen and oxygen atoms in total. The summed E-state index contributed by atoms with van der Waals surface area (Å²) in [4.78, 5) is 42.2. The van der Waals surface area contributed by atoms with Gasteiger partial charge in [0.2, 0.25) is 17.7 Å².